The van der Waals surface area contributed by atoms with Gasteiger partial charge in [0.2, 0.25) is 15.9 Å². The molecule has 0 aliphatic heterocycles. The lowest BCUT2D eigenvalue weighted by Gasteiger charge is -2.07. The van der Waals surface area contributed by atoms with Gasteiger partial charge in [0.15, 0.2) is 0 Å². The fraction of sp³-hybridized carbons (Fsp3) is 0.333. The van der Waals surface area contributed by atoms with Crippen molar-refractivity contribution in [1.29, 1.82) is 0 Å². The van der Waals surface area contributed by atoms with Gasteiger partial charge >= 0.3 is 0 Å². The Morgan fingerprint density at radius 1 is 1.29 bits per heavy atom. The van der Waals surface area contributed by atoms with Crippen LogP contribution < -0.4 is 10.5 Å². The molecule has 2 aromatic rings. The zero-order chi connectivity index (χ0) is 17.9. The number of hydrogen-bond donors (Lipinski definition) is 2. The molecule has 0 bridgehead atoms. The van der Waals surface area contributed by atoms with E-state index in [-0.39, 0.29) is 17.3 Å². The van der Waals surface area contributed by atoms with Crippen LogP contribution in [0.4, 0.5) is 0 Å². The SMILES string of the molecule is Cc1nn(CC(=O)NCCc2ccc(S(N)(=O)=O)cc2)c(C)c1Cl. The number of halogens is 1. The second-order valence-electron chi connectivity index (χ2n) is 5.43. The number of nitrogens with zero attached hydrogens (tertiary/aromatic N) is 2. The molecule has 1 amide bonds. The summed E-state index contributed by atoms with van der Waals surface area (Å²) in [5.41, 5.74) is 2.34. The third kappa shape index (κ3) is 4.56. The van der Waals surface area contributed by atoms with Crippen molar-refractivity contribution in [2.75, 3.05) is 6.54 Å². The molecule has 0 unspecified atom stereocenters. The number of amides is 1. The second kappa shape index (κ2) is 7.33. The van der Waals surface area contributed by atoms with Gasteiger partial charge in [0, 0.05) is 6.54 Å². The van der Waals surface area contributed by atoms with Gasteiger partial charge in [-0.3, -0.25) is 9.48 Å². The zero-order valence-electron chi connectivity index (χ0n) is 13.4. The third-order valence-electron chi connectivity index (χ3n) is 3.57. The number of primary sulfonamides is 1. The number of hydrogen-bond acceptors (Lipinski definition) is 4. The van der Waals surface area contributed by atoms with Crippen LogP contribution in [0.25, 0.3) is 0 Å². The lowest BCUT2D eigenvalue weighted by atomic mass is 10.1. The maximum absolute atomic E-state index is 12.0. The normalized spacial score (nSPS) is 11.5. The maximum Gasteiger partial charge on any atom is 0.241 e. The Hall–Kier alpha value is -1.90. The van der Waals surface area contributed by atoms with Gasteiger partial charge in [-0.2, -0.15) is 5.10 Å². The molecule has 7 nitrogen and oxygen atoms in total. The van der Waals surface area contributed by atoms with Crippen LogP contribution in [-0.2, 0) is 27.8 Å². The zero-order valence-corrected chi connectivity index (χ0v) is 15.0. The number of benzene rings is 1. The molecule has 1 aromatic heterocycles. The van der Waals surface area contributed by atoms with Crippen molar-refractivity contribution in [1.82, 2.24) is 15.1 Å². The Balaban J connectivity index is 1.85. The molecule has 3 N–H and O–H groups in total. The first-order chi connectivity index (χ1) is 11.2. The Labute approximate surface area is 145 Å². The summed E-state index contributed by atoms with van der Waals surface area (Å²) in [5.74, 6) is -0.168. The Kier molecular flexibility index (Phi) is 5.63. The number of sulfonamides is 1. The molecule has 0 aliphatic rings. The smallest absolute Gasteiger partial charge is 0.241 e. The average Bonchev–Trinajstić information content (AvgIpc) is 2.74. The van der Waals surface area contributed by atoms with E-state index in [0.717, 1.165) is 11.3 Å². The molecule has 0 aliphatic carbocycles. The molecule has 2 rings (SSSR count). The average molecular weight is 371 g/mol. The predicted molar refractivity (Wildman–Crippen MR) is 91.2 cm³/mol. The highest BCUT2D eigenvalue weighted by atomic mass is 35.5. The lowest BCUT2D eigenvalue weighted by molar-refractivity contribution is -0.121. The van der Waals surface area contributed by atoms with Crippen LogP contribution in [0.1, 0.15) is 17.0 Å². The fourth-order valence-electron chi connectivity index (χ4n) is 2.21. The molecule has 0 atom stereocenters. The van der Waals surface area contributed by atoms with Crippen LogP contribution in [-0.4, -0.2) is 30.7 Å². The number of carbonyl (C=O) groups excluding carboxylic acids is 1. The summed E-state index contributed by atoms with van der Waals surface area (Å²) in [7, 11) is -3.68. The van der Waals surface area contributed by atoms with E-state index in [1.165, 1.54) is 12.1 Å². The minimum absolute atomic E-state index is 0.0664. The van der Waals surface area contributed by atoms with Crippen molar-refractivity contribution < 1.29 is 13.2 Å². The first-order valence-corrected chi connectivity index (χ1v) is 9.19. The van der Waals surface area contributed by atoms with Gasteiger partial charge in [-0.25, -0.2) is 13.6 Å². The molecule has 0 fully saturated rings. The van der Waals surface area contributed by atoms with Crippen LogP contribution in [0, 0.1) is 13.8 Å². The third-order valence-corrected chi connectivity index (χ3v) is 5.05. The number of nitrogens with one attached hydrogen (secondary N) is 1. The molecule has 24 heavy (non-hydrogen) atoms. The van der Waals surface area contributed by atoms with E-state index in [1.807, 2.05) is 6.92 Å². The standard InChI is InChI=1S/C15H19ClN4O3S/c1-10-15(16)11(2)20(19-10)9-14(21)18-8-7-12-3-5-13(6-4-12)24(17,22)23/h3-6H,7-9H2,1-2H3,(H,18,21)(H2,17,22,23). The van der Waals surface area contributed by atoms with Gasteiger partial charge in [-0.1, -0.05) is 23.7 Å². The molecular weight excluding hydrogens is 352 g/mol. The Morgan fingerprint density at radius 2 is 1.92 bits per heavy atom. The molecule has 0 saturated heterocycles. The molecule has 1 heterocycles. The minimum Gasteiger partial charge on any atom is -0.354 e. The van der Waals surface area contributed by atoms with Gasteiger partial charge in [0.05, 0.1) is 21.3 Å². The van der Waals surface area contributed by atoms with E-state index in [4.69, 9.17) is 16.7 Å². The molecule has 9 heteroatoms. The predicted octanol–water partition coefficient (Wildman–Crippen LogP) is 1.16. The molecule has 1 aromatic carbocycles. The van der Waals surface area contributed by atoms with E-state index < -0.39 is 10.0 Å². The van der Waals surface area contributed by atoms with Crippen LogP contribution >= 0.6 is 11.6 Å². The Morgan fingerprint density at radius 3 is 2.42 bits per heavy atom. The highest BCUT2D eigenvalue weighted by Crippen LogP contribution is 2.18. The maximum atomic E-state index is 12.0. The lowest BCUT2D eigenvalue weighted by Crippen LogP contribution is -2.30. The number of rotatable bonds is 6. The number of nitrogens with two attached hydrogens (primary N) is 1. The summed E-state index contributed by atoms with van der Waals surface area (Å²) in [4.78, 5) is 12.0. The highest BCUT2D eigenvalue weighted by Gasteiger charge is 2.12. The van der Waals surface area contributed by atoms with Crippen molar-refractivity contribution in [3.63, 3.8) is 0 Å². The van der Waals surface area contributed by atoms with Crippen LogP contribution in [0.15, 0.2) is 29.2 Å². The summed E-state index contributed by atoms with van der Waals surface area (Å²) >= 11 is 6.04. The van der Waals surface area contributed by atoms with Crippen molar-refractivity contribution in [3.8, 4) is 0 Å². The quantitative estimate of drug-likeness (QED) is 0.795. The van der Waals surface area contributed by atoms with E-state index in [9.17, 15) is 13.2 Å². The summed E-state index contributed by atoms with van der Waals surface area (Å²) in [5, 5.41) is 12.6. The largest absolute Gasteiger partial charge is 0.354 e. The summed E-state index contributed by atoms with van der Waals surface area (Å²) in [6.07, 6.45) is 0.578. The van der Waals surface area contributed by atoms with Crippen molar-refractivity contribution in [2.24, 2.45) is 5.14 Å². The van der Waals surface area contributed by atoms with Gasteiger partial charge in [0.1, 0.15) is 6.54 Å². The van der Waals surface area contributed by atoms with Gasteiger partial charge in [-0.05, 0) is 38.0 Å². The minimum atomic E-state index is -3.68. The van der Waals surface area contributed by atoms with E-state index in [2.05, 4.69) is 10.4 Å². The van der Waals surface area contributed by atoms with Gasteiger partial charge in [0.25, 0.3) is 0 Å². The Bertz CT molecular complexity index is 844. The first kappa shape index (κ1) is 18.4. The van der Waals surface area contributed by atoms with Gasteiger partial charge in [-0.15, -0.1) is 0 Å². The van der Waals surface area contributed by atoms with Crippen LogP contribution in [0.2, 0.25) is 5.02 Å². The topological polar surface area (TPSA) is 107 Å². The first-order valence-electron chi connectivity index (χ1n) is 7.26. The number of carbonyl (C=O) groups is 1. The van der Waals surface area contributed by atoms with E-state index in [0.29, 0.717) is 23.7 Å². The number of aryl methyl sites for hydroxylation is 1. The molecule has 0 radical (unpaired) electrons. The van der Waals surface area contributed by atoms with Crippen LogP contribution in [0.3, 0.4) is 0 Å². The molecule has 0 spiro atoms. The van der Waals surface area contributed by atoms with Crippen LogP contribution in [0.5, 0.6) is 0 Å². The molecule has 130 valence electrons. The van der Waals surface area contributed by atoms with Gasteiger partial charge < -0.3 is 5.32 Å². The summed E-state index contributed by atoms with van der Waals surface area (Å²) < 4.78 is 23.9. The summed E-state index contributed by atoms with van der Waals surface area (Å²) in [6.45, 7) is 4.13. The van der Waals surface area contributed by atoms with Crippen molar-refractivity contribution in [2.45, 2.75) is 31.7 Å². The van der Waals surface area contributed by atoms with Crippen molar-refractivity contribution in [3.05, 3.63) is 46.2 Å². The van der Waals surface area contributed by atoms with E-state index in [1.54, 1.807) is 23.7 Å². The summed E-state index contributed by atoms with van der Waals surface area (Å²) in [6, 6.07) is 6.24. The highest BCUT2D eigenvalue weighted by molar-refractivity contribution is 7.89. The molecule has 0 saturated carbocycles. The van der Waals surface area contributed by atoms with Crippen molar-refractivity contribution >= 4 is 27.5 Å². The molecular formula is C15H19ClN4O3S. The second-order valence-corrected chi connectivity index (χ2v) is 7.37. The fourth-order valence-corrected chi connectivity index (χ4v) is 2.86. The van der Waals surface area contributed by atoms with E-state index >= 15 is 0 Å². The monoisotopic (exact) mass is 370 g/mol. The number of aromatic nitrogens is 2.